The van der Waals surface area contributed by atoms with Gasteiger partial charge in [0.05, 0.1) is 0 Å². The third-order valence-corrected chi connectivity index (χ3v) is 2.96. The van der Waals surface area contributed by atoms with Gasteiger partial charge >= 0.3 is 0 Å². The summed E-state index contributed by atoms with van der Waals surface area (Å²) in [6.07, 6.45) is 0.816. The number of hydrogen-bond donors (Lipinski definition) is 1. The molecule has 0 amide bonds. The second kappa shape index (κ2) is 7.11. The van der Waals surface area contributed by atoms with E-state index in [1.807, 2.05) is 45.0 Å². The van der Waals surface area contributed by atoms with Gasteiger partial charge in [0.15, 0.2) is 0 Å². The topological polar surface area (TPSA) is 59.9 Å². The Bertz CT molecular complexity index is 606. The van der Waals surface area contributed by atoms with Crippen LogP contribution in [0.3, 0.4) is 0 Å². The Labute approximate surface area is 140 Å². The lowest BCUT2D eigenvalue weighted by Gasteiger charge is -2.21. The highest BCUT2D eigenvalue weighted by atomic mass is 35.5. The molecule has 0 radical (unpaired) electrons. The van der Waals surface area contributed by atoms with Crippen molar-refractivity contribution < 1.29 is 4.74 Å². The van der Waals surface area contributed by atoms with Crippen molar-refractivity contribution in [1.29, 1.82) is 0 Å². The van der Waals surface area contributed by atoms with Crippen molar-refractivity contribution in [3.8, 4) is 5.75 Å². The fraction of sp³-hybridized carbons (Fsp3) is 0.400. The number of aromatic nitrogens is 3. The number of rotatable bonds is 5. The summed E-state index contributed by atoms with van der Waals surface area (Å²) in [5.74, 6) is 1.23. The van der Waals surface area contributed by atoms with E-state index in [1.54, 1.807) is 0 Å². The van der Waals surface area contributed by atoms with Crippen LogP contribution in [0.2, 0.25) is 10.6 Å². The molecule has 0 fully saturated rings. The molecular formula is C15H18Cl2N4O. The molecule has 0 aliphatic heterocycles. The van der Waals surface area contributed by atoms with Crippen LogP contribution in [0.15, 0.2) is 24.3 Å². The SMILES string of the molecule is CC(C)(C)Oc1ccc(CCNc2nc(Cl)nc(Cl)n2)cc1. The summed E-state index contributed by atoms with van der Waals surface area (Å²) in [4.78, 5) is 11.6. The van der Waals surface area contributed by atoms with E-state index < -0.39 is 0 Å². The molecule has 2 rings (SSSR count). The van der Waals surface area contributed by atoms with Crippen molar-refractivity contribution in [2.45, 2.75) is 32.8 Å². The number of nitrogens with zero attached hydrogens (tertiary/aromatic N) is 3. The van der Waals surface area contributed by atoms with E-state index >= 15 is 0 Å². The minimum absolute atomic E-state index is 0.0752. The summed E-state index contributed by atoms with van der Waals surface area (Å²) in [6.45, 7) is 6.73. The van der Waals surface area contributed by atoms with Crippen LogP contribution < -0.4 is 10.1 Å². The number of anilines is 1. The zero-order valence-electron chi connectivity index (χ0n) is 12.7. The van der Waals surface area contributed by atoms with Crippen LogP contribution >= 0.6 is 23.2 Å². The van der Waals surface area contributed by atoms with Crippen molar-refractivity contribution in [2.24, 2.45) is 0 Å². The number of benzene rings is 1. The standard InChI is InChI=1S/C15H18Cl2N4O/c1-15(2,3)22-11-6-4-10(5-7-11)8-9-18-14-20-12(16)19-13(17)21-14/h4-7H,8-9H2,1-3H3,(H,18,19,20,21). The highest BCUT2D eigenvalue weighted by molar-refractivity contribution is 6.31. The molecule has 7 heteroatoms. The first kappa shape index (κ1) is 16.8. The quantitative estimate of drug-likeness (QED) is 0.890. The van der Waals surface area contributed by atoms with Crippen molar-refractivity contribution in [1.82, 2.24) is 15.0 Å². The zero-order chi connectivity index (χ0) is 16.2. The molecule has 1 N–H and O–H groups in total. The molecule has 118 valence electrons. The van der Waals surface area contributed by atoms with Crippen molar-refractivity contribution >= 4 is 29.2 Å². The van der Waals surface area contributed by atoms with Gasteiger partial charge in [0.2, 0.25) is 16.5 Å². The highest BCUT2D eigenvalue weighted by Gasteiger charge is 2.11. The summed E-state index contributed by atoms with van der Waals surface area (Å²) >= 11 is 11.4. The third kappa shape index (κ3) is 5.66. The van der Waals surface area contributed by atoms with Gasteiger partial charge in [0.25, 0.3) is 0 Å². The predicted octanol–water partition coefficient (Wildman–Crippen LogP) is 4.01. The molecule has 0 bridgehead atoms. The van der Waals surface area contributed by atoms with E-state index in [-0.39, 0.29) is 16.2 Å². The highest BCUT2D eigenvalue weighted by Crippen LogP contribution is 2.18. The molecule has 0 spiro atoms. The largest absolute Gasteiger partial charge is 0.488 e. The van der Waals surface area contributed by atoms with Gasteiger partial charge in [-0.3, -0.25) is 0 Å². The minimum atomic E-state index is -0.194. The van der Waals surface area contributed by atoms with Gasteiger partial charge in [0.1, 0.15) is 11.4 Å². The molecule has 0 unspecified atom stereocenters. The van der Waals surface area contributed by atoms with Crippen LogP contribution in [0, 0.1) is 0 Å². The number of nitrogens with one attached hydrogen (secondary N) is 1. The minimum Gasteiger partial charge on any atom is -0.488 e. The van der Waals surface area contributed by atoms with Gasteiger partial charge in [0, 0.05) is 6.54 Å². The summed E-state index contributed by atoms with van der Waals surface area (Å²) in [6, 6.07) is 8.01. The first-order chi connectivity index (χ1) is 10.3. The Hall–Kier alpha value is -1.59. The van der Waals surface area contributed by atoms with Gasteiger partial charge in [-0.15, -0.1) is 0 Å². The predicted molar refractivity (Wildman–Crippen MR) is 88.9 cm³/mol. The lowest BCUT2D eigenvalue weighted by atomic mass is 10.1. The normalized spacial score (nSPS) is 11.3. The van der Waals surface area contributed by atoms with Gasteiger partial charge in [-0.05, 0) is 68.1 Å². The molecule has 0 saturated carbocycles. The van der Waals surface area contributed by atoms with Gasteiger partial charge in [-0.1, -0.05) is 12.1 Å². The lowest BCUT2D eigenvalue weighted by molar-refractivity contribution is 0.131. The molecule has 0 saturated heterocycles. The molecule has 5 nitrogen and oxygen atoms in total. The summed E-state index contributed by atoms with van der Waals surface area (Å²) < 4.78 is 5.78. The second-order valence-electron chi connectivity index (χ2n) is 5.73. The van der Waals surface area contributed by atoms with E-state index in [4.69, 9.17) is 27.9 Å². The van der Waals surface area contributed by atoms with Crippen LogP contribution in [0.1, 0.15) is 26.3 Å². The zero-order valence-corrected chi connectivity index (χ0v) is 14.2. The Morgan fingerprint density at radius 1 is 1.00 bits per heavy atom. The summed E-state index contributed by atoms with van der Waals surface area (Å²) in [5, 5.41) is 3.22. The molecule has 0 aliphatic carbocycles. The second-order valence-corrected chi connectivity index (χ2v) is 6.41. The van der Waals surface area contributed by atoms with E-state index in [9.17, 15) is 0 Å². The van der Waals surface area contributed by atoms with Crippen LogP contribution in [0.25, 0.3) is 0 Å². The molecule has 2 aromatic rings. The third-order valence-electron chi connectivity index (χ3n) is 2.63. The molecule has 22 heavy (non-hydrogen) atoms. The summed E-state index contributed by atoms with van der Waals surface area (Å²) in [5.41, 5.74) is 0.986. The van der Waals surface area contributed by atoms with Gasteiger partial charge < -0.3 is 10.1 Å². The van der Waals surface area contributed by atoms with Crippen LogP contribution in [0.4, 0.5) is 5.95 Å². The maximum atomic E-state index is 5.78. The Morgan fingerprint density at radius 2 is 1.59 bits per heavy atom. The van der Waals surface area contributed by atoms with E-state index in [0.29, 0.717) is 12.5 Å². The Balaban J connectivity index is 1.86. The first-order valence-corrected chi connectivity index (χ1v) is 7.66. The van der Waals surface area contributed by atoms with Crippen LogP contribution in [0.5, 0.6) is 5.75 Å². The van der Waals surface area contributed by atoms with Crippen molar-refractivity contribution in [3.05, 3.63) is 40.4 Å². The molecular weight excluding hydrogens is 323 g/mol. The molecule has 0 atom stereocenters. The average molecular weight is 341 g/mol. The van der Waals surface area contributed by atoms with Crippen molar-refractivity contribution in [3.63, 3.8) is 0 Å². The molecule has 0 aliphatic rings. The maximum absolute atomic E-state index is 5.78. The fourth-order valence-electron chi connectivity index (χ4n) is 1.80. The van der Waals surface area contributed by atoms with Gasteiger partial charge in [-0.25, -0.2) is 0 Å². The molecule has 1 aromatic heterocycles. The smallest absolute Gasteiger partial charge is 0.228 e. The molecule has 1 heterocycles. The maximum Gasteiger partial charge on any atom is 0.228 e. The Kier molecular flexibility index (Phi) is 5.42. The van der Waals surface area contributed by atoms with Crippen LogP contribution in [-0.4, -0.2) is 27.1 Å². The average Bonchev–Trinajstić information content (AvgIpc) is 2.38. The number of ether oxygens (including phenoxy) is 1. The molecule has 1 aromatic carbocycles. The van der Waals surface area contributed by atoms with E-state index in [0.717, 1.165) is 12.2 Å². The monoisotopic (exact) mass is 340 g/mol. The fourth-order valence-corrected chi connectivity index (χ4v) is 2.16. The van der Waals surface area contributed by atoms with E-state index in [2.05, 4.69) is 20.3 Å². The van der Waals surface area contributed by atoms with Crippen molar-refractivity contribution in [2.75, 3.05) is 11.9 Å². The Morgan fingerprint density at radius 3 is 2.14 bits per heavy atom. The first-order valence-electron chi connectivity index (χ1n) is 6.91. The van der Waals surface area contributed by atoms with Gasteiger partial charge in [-0.2, -0.15) is 15.0 Å². The lowest BCUT2D eigenvalue weighted by Crippen LogP contribution is -2.22. The van der Waals surface area contributed by atoms with Crippen LogP contribution in [-0.2, 0) is 6.42 Å². The number of hydrogen-bond acceptors (Lipinski definition) is 5. The summed E-state index contributed by atoms with van der Waals surface area (Å²) in [7, 11) is 0. The van der Waals surface area contributed by atoms with E-state index in [1.165, 1.54) is 5.56 Å². The number of halogens is 2.